The van der Waals surface area contributed by atoms with Crippen molar-refractivity contribution in [2.75, 3.05) is 38.1 Å². The van der Waals surface area contributed by atoms with Crippen molar-refractivity contribution in [2.45, 2.75) is 19.8 Å². The van der Waals surface area contributed by atoms with Gasteiger partial charge in [-0.15, -0.1) is 0 Å². The predicted molar refractivity (Wildman–Crippen MR) is 94.2 cm³/mol. The highest BCUT2D eigenvalue weighted by atomic mass is 16.3. The van der Waals surface area contributed by atoms with Crippen LogP contribution in [0, 0.1) is 12.8 Å². The lowest BCUT2D eigenvalue weighted by atomic mass is 9.99. The van der Waals surface area contributed by atoms with Gasteiger partial charge in [0.25, 0.3) is 0 Å². The molecule has 6 heteroatoms. The molecule has 0 unspecified atom stereocenters. The Balaban J connectivity index is 1.44. The first-order valence-corrected chi connectivity index (χ1v) is 8.52. The number of hydrogen-bond acceptors (Lipinski definition) is 4. The van der Waals surface area contributed by atoms with Crippen LogP contribution in [0.25, 0.3) is 11.0 Å². The first-order chi connectivity index (χ1) is 11.6. The number of urea groups is 1. The topological polar surface area (TPSA) is 77.7 Å². The molecule has 1 aliphatic heterocycles. The fraction of sp³-hybridized carbons (Fsp3) is 0.500. The molecule has 1 aromatic carbocycles. The molecule has 1 atom stereocenters. The Morgan fingerprint density at radius 3 is 3.12 bits per heavy atom. The number of nitrogens with one attached hydrogen (secondary N) is 2. The van der Waals surface area contributed by atoms with Gasteiger partial charge >= 0.3 is 6.03 Å². The summed E-state index contributed by atoms with van der Waals surface area (Å²) in [5, 5.41) is 16.0. The van der Waals surface area contributed by atoms with Crippen LogP contribution in [-0.4, -0.2) is 48.8 Å². The van der Waals surface area contributed by atoms with E-state index in [4.69, 9.17) is 4.42 Å². The van der Waals surface area contributed by atoms with E-state index in [-0.39, 0.29) is 12.6 Å². The van der Waals surface area contributed by atoms with Gasteiger partial charge in [0.15, 0.2) is 0 Å². The number of benzene rings is 1. The van der Waals surface area contributed by atoms with E-state index in [1.165, 1.54) is 0 Å². The molecular weight excluding hydrogens is 306 g/mol. The van der Waals surface area contributed by atoms with E-state index >= 15 is 0 Å². The van der Waals surface area contributed by atoms with Crippen molar-refractivity contribution in [3.05, 3.63) is 30.0 Å². The highest BCUT2D eigenvalue weighted by Gasteiger charge is 2.18. The molecule has 2 aromatic rings. The molecule has 3 N–H and O–H groups in total. The van der Waals surface area contributed by atoms with Crippen molar-refractivity contribution in [2.24, 2.45) is 5.92 Å². The van der Waals surface area contributed by atoms with Crippen molar-refractivity contribution in [1.82, 2.24) is 10.2 Å². The smallest absolute Gasteiger partial charge is 0.319 e. The molecule has 6 nitrogen and oxygen atoms in total. The fourth-order valence-electron chi connectivity index (χ4n) is 3.26. The number of hydrogen-bond donors (Lipinski definition) is 3. The number of fused-ring (bicyclic) bond motifs is 1. The molecule has 130 valence electrons. The van der Waals surface area contributed by atoms with Gasteiger partial charge in [0, 0.05) is 37.3 Å². The molecule has 1 aliphatic rings. The van der Waals surface area contributed by atoms with Crippen LogP contribution in [0.3, 0.4) is 0 Å². The zero-order valence-corrected chi connectivity index (χ0v) is 14.0. The molecule has 3 rings (SSSR count). The normalized spacial score (nSPS) is 18.7. The number of anilines is 1. The fourth-order valence-corrected chi connectivity index (χ4v) is 3.26. The van der Waals surface area contributed by atoms with Crippen LogP contribution in [0.15, 0.2) is 28.7 Å². The Morgan fingerprint density at radius 2 is 2.29 bits per heavy atom. The number of furan rings is 1. The molecule has 24 heavy (non-hydrogen) atoms. The van der Waals surface area contributed by atoms with Crippen LogP contribution in [0.5, 0.6) is 0 Å². The maximum atomic E-state index is 12.0. The molecule has 0 aliphatic carbocycles. The maximum absolute atomic E-state index is 12.0. The van der Waals surface area contributed by atoms with Gasteiger partial charge in [-0.1, -0.05) is 0 Å². The lowest BCUT2D eigenvalue weighted by Crippen LogP contribution is -2.42. The second-order valence-electron chi connectivity index (χ2n) is 6.48. The average Bonchev–Trinajstić information content (AvgIpc) is 2.94. The van der Waals surface area contributed by atoms with Crippen LogP contribution < -0.4 is 10.6 Å². The third-order valence-corrected chi connectivity index (χ3v) is 4.47. The summed E-state index contributed by atoms with van der Waals surface area (Å²) in [6.07, 6.45) is 2.21. The molecule has 2 amide bonds. The average molecular weight is 331 g/mol. The lowest BCUT2D eigenvalue weighted by Gasteiger charge is -2.31. The standard InChI is InChI=1S/C18H25N3O3/c1-13-9-15-10-16(4-5-17(15)24-13)20-18(23)19-6-8-21-7-2-3-14(11-21)12-22/h4-5,9-10,14,22H,2-3,6-8,11-12H2,1H3,(H2,19,20,23)/t14-/m0/s1. The zero-order valence-electron chi connectivity index (χ0n) is 14.0. The number of carbonyl (C=O) groups excluding carboxylic acids is 1. The summed E-state index contributed by atoms with van der Waals surface area (Å²) < 4.78 is 5.53. The van der Waals surface area contributed by atoms with Crippen LogP contribution in [-0.2, 0) is 0 Å². The van der Waals surface area contributed by atoms with E-state index in [0.717, 1.165) is 54.9 Å². The van der Waals surface area contributed by atoms with Crippen molar-refractivity contribution >= 4 is 22.7 Å². The number of piperidine rings is 1. The minimum atomic E-state index is -0.203. The second-order valence-corrected chi connectivity index (χ2v) is 6.48. The van der Waals surface area contributed by atoms with Gasteiger partial charge in [0.2, 0.25) is 0 Å². The Bertz CT molecular complexity index is 698. The third-order valence-electron chi connectivity index (χ3n) is 4.47. The summed E-state index contributed by atoms with van der Waals surface area (Å²) in [6, 6.07) is 7.35. The number of carbonyl (C=O) groups is 1. The molecular formula is C18H25N3O3. The number of aliphatic hydroxyl groups excluding tert-OH is 1. The third kappa shape index (κ3) is 4.27. The Kier molecular flexibility index (Phi) is 5.37. The summed E-state index contributed by atoms with van der Waals surface area (Å²) in [5.41, 5.74) is 1.57. The first-order valence-electron chi connectivity index (χ1n) is 8.52. The number of aryl methyl sites for hydroxylation is 1. The van der Waals surface area contributed by atoms with E-state index in [1.807, 2.05) is 31.2 Å². The molecule has 1 aromatic heterocycles. The largest absolute Gasteiger partial charge is 0.461 e. The molecule has 1 fully saturated rings. The van der Waals surface area contributed by atoms with E-state index in [2.05, 4.69) is 15.5 Å². The van der Waals surface area contributed by atoms with Gasteiger partial charge in [0.1, 0.15) is 11.3 Å². The van der Waals surface area contributed by atoms with Gasteiger partial charge in [-0.2, -0.15) is 0 Å². The summed E-state index contributed by atoms with van der Waals surface area (Å²) in [6.45, 7) is 5.51. The van der Waals surface area contributed by atoms with Crippen LogP contribution >= 0.6 is 0 Å². The number of likely N-dealkylation sites (tertiary alicyclic amines) is 1. The van der Waals surface area contributed by atoms with Crippen molar-refractivity contribution in [1.29, 1.82) is 0 Å². The summed E-state index contributed by atoms with van der Waals surface area (Å²) in [4.78, 5) is 14.3. The van der Waals surface area contributed by atoms with Crippen molar-refractivity contribution in [3.8, 4) is 0 Å². The minimum absolute atomic E-state index is 0.203. The number of aliphatic hydroxyl groups is 1. The summed E-state index contributed by atoms with van der Waals surface area (Å²) in [5.74, 6) is 1.23. The second kappa shape index (κ2) is 7.68. The highest BCUT2D eigenvalue weighted by molar-refractivity contribution is 5.92. The molecule has 0 radical (unpaired) electrons. The molecule has 2 heterocycles. The SMILES string of the molecule is Cc1cc2cc(NC(=O)NCCN3CCC[C@H](CO)C3)ccc2o1. The highest BCUT2D eigenvalue weighted by Crippen LogP contribution is 2.22. The van der Waals surface area contributed by atoms with Gasteiger partial charge in [-0.05, 0) is 56.5 Å². The van der Waals surface area contributed by atoms with E-state index in [1.54, 1.807) is 0 Å². The molecule has 0 bridgehead atoms. The lowest BCUT2D eigenvalue weighted by molar-refractivity contribution is 0.121. The first kappa shape index (κ1) is 16.8. The van der Waals surface area contributed by atoms with E-state index in [0.29, 0.717) is 12.5 Å². The molecule has 1 saturated heterocycles. The summed E-state index contributed by atoms with van der Waals surface area (Å²) in [7, 11) is 0. The molecule has 0 saturated carbocycles. The quantitative estimate of drug-likeness (QED) is 0.787. The van der Waals surface area contributed by atoms with Crippen molar-refractivity contribution in [3.63, 3.8) is 0 Å². The predicted octanol–water partition coefficient (Wildman–Crippen LogP) is 2.57. The van der Waals surface area contributed by atoms with E-state index < -0.39 is 0 Å². The maximum Gasteiger partial charge on any atom is 0.319 e. The van der Waals surface area contributed by atoms with E-state index in [9.17, 15) is 9.90 Å². The number of nitrogens with zero attached hydrogens (tertiary/aromatic N) is 1. The van der Waals surface area contributed by atoms with Gasteiger partial charge in [-0.3, -0.25) is 0 Å². The zero-order chi connectivity index (χ0) is 16.9. The van der Waals surface area contributed by atoms with Gasteiger partial charge in [0.05, 0.1) is 0 Å². The number of amides is 2. The van der Waals surface area contributed by atoms with Crippen LogP contribution in [0.2, 0.25) is 0 Å². The Labute approximate surface area is 141 Å². The Morgan fingerprint density at radius 1 is 1.42 bits per heavy atom. The Hall–Kier alpha value is -2.05. The van der Waals surface area contributed by atoms with Crippen LogP contribution in [0.4, 0.5) is 10.5 Å². The van der Waals surface area contributed by atoms with Crippen LogP contribution in [0.1, 0.15) is 18.6 Å². The van der Waals surface area contributed by atoms with Crippen molar-refractivity contribution < 1.29 is 14.3 Å². The van der Waals surface area contributed by atoms with Gasteiger partial charge < -0.3 is 25.1 Å². The van der Waals surface area contributed by atoms with Gasteiger partial charge in [-0.25, -0.2) is 4.79 Å². The summed E-state index contributed by atoms with van der Waals surface area (Å²) >= 11 is 0. The monoisotopic (exact) mass is 331 g/mol. The minimum Gasteiger partial charge on any atom is -0.461 e. The number of rotatable bonds is 5. The molecule has 0 spiro atoms.